The van der Waals surface area contributed by atoms with Gasteiger partial charge in [-0.05, 0) is 6.92 Å². The summed E-state index contributed by atoms with van der Waals surface area (Å²) >= 11 is 1.36. The molecule has 2 aromatic heterocycles. The van der Waals surface area contributed by atoms with E-state index in [0.29, 0.717) is 17.3 Å². The standard InChI is InChI=1S/C12H16N4O3S/c1-4-15(7-8(17)14(2)3)10-9(11(18)19)16-5-6-20-12(16)13-10/h5-6H,4,7H2,1-3H3,(H,18,19). The van der Waals surface area contributed by atoms with E-state index < -0.39 is 5.97 Å². The predicted molar refractivity (Wildman–Crippen MR) is 76.6 cm³/mol. The minimum Gasteiger partial charge on any atom is -0.476 e. The molecule has 2 aromatic rings. The molecule has 108 valence electrons. The summed E-state index contributed by atoms with van der Waals surface area (Å²) in [5.41, 5.74) is 0.0923. The van der Waals surface area contributed by atoms with Gasteiger partial charge in [-0.3, -0.25) is 9.20 Å². The zero-order valence-electron chi connectivity index (χ0n) is 11.5. The van der Waals surface area contributed by atoms with Crippen molar-refractivity contribution in [1.29, 1.82) is 0 Å². The number of imidazole rings is 1. The zero-order chi connectivity index (χ0) is 14.9. The number of aromatic carboxylic acids is 1. The van der Waals surface area contributed by atoms with E-state index in [1.54, 1.807) is 30.6 Å². The molecule has 2 heterocycles. The molecule has 0 radical (unpaired) electrons. The van der Waals surface area contributed by atoms with Crippen molar-refractivity contribution in [3.05, 3.63) is 17.3 Å². The van der Waals surface area contributed by atoms with E-state index in [2.05, 4.69) is 4.98 Å². The lowest BCUT2D eigenvalue weighted by molar-refractivity contribution is -0.127. The molecule has 0 spiro atoms. The summed E-state index contributed by atoms with van der Waals surface area (Å²) in [5.74, 6) is -0.816. The van der Waals surface area contributed by atoms with Crippen molar-refractivity contribution < 1.29 is 14.7 Å². The summed E-state index contributed by atoms with van der Waals surface area (Å²) in [4.78, 5) is 31.4. The Morgan fingerprint density at radius 2 is 2.15 bits per heavy atom. The Balaban J connectivity index is 2.43. The number of carboxylic acid groups (broad SMARTS) is 1. The van der Waals surface area contributed by atoms with Gasteiger partial charge in [-0.2, -0.15) is 0 Å². The number of anilines is 1. The second-order valence-electron chi connectivity index (χ2n) is 4.45. The lowest BCUT2D eigenvalue weighted by Gasteiger charge is -2.22. The highest BCUT2D eigenvalue weighted by Crippen LogP contribution is 2.24. The van der Waals surface area contributed by atoms with Crippen molar-refractivity contribution in [1.82, 2.24) is 14.3 Å². The quantitative estimate of drug-likeness (QED) is 0.891. The number of hydrogen-bond donors (Lipinski definition) is 1. The number of nitrogens with zero attached hydrogens (tertiary/aromatic N) is 4. The van der Waals surface area contributed by atoms with Gasteiger partial charge in [-0.1, -0.05) is 0 Å². The van der Waals surface area contributed by atoms with Crippen molar-refractivity contribution in [2.45, 2.75) is 6.92 Å². The van der Waals surface area contributed by atoms with Crippen LogP contribution in [0.25, 0.3) is 4.96 Å². The Bertz CT molecular complexity index is 646. The first-order valence-electron chi connectivity index (χ1n) is 6.09. The van der Waals surface area contributed by atoms with Crippen LogP contribution in [0.3, 0.4) is 0 Å². The van der Waals surface area contributed by atoms with E-state index in [0.717, 1.165) is 0 Å². The lowest BCUT2D eigenvalue weighted by Crippen LogP contribution is -2.37. The van der Waals surface area contributed by atoms with Crippen LogP contribution in [0.5, 0.6) is 0 Å². The number of carbonyl (C=O) groups is 2. The van der Waals surface area contributed by atoms with Crippen LogP contribution in [0.15, 0.2) is 11.6 Å². The fourth-order valence-corrected chi connectivity index (χ4v) is 2.54. The summed E-state index contributed by atoms with van der Waals surface area (Å²) in [7, 11) is 3.33. The van der Waals surface area contributed by atoms with Gasteiger partial charge in [-0.15, -0.1) is 11.3 Å². The topological polar surface area (TPSA) is 78.2 Å². The van der Waals surface area contributed by atoms with Gasteiger partial charge < -0.3 is 14.9 Å². The van der Waals surface area contributed by atoms with E-state index in [-0.39, 0.29) is 18.1 Å². The highest BCUT2D eigenvalue weighted by atomic mass is 32.1. The van der Waals surface area contributed by atoms with Gasteiger partial charge in [0, 0.05) is 32.2 Å². The Labute approximate surface area is 120 Å². The summed E-state index contributed by atoms with van der Waals surface area (Å²) < 4.78 is 1.53. The number of thiazole rings is 1. The van der Waals surface area contributed by atoms with Crippen molar-refractivity contribution in [3.8, 4) is 0 Å². The van der Waals surface area contributed by atoms with Gasteiger partial charge in [-0.25, -0.2) is 9.78 Å². The van der Waals surface area contributed by atoms with Crippen LogP contribution in [0.2, 0.25) is 0 Å². The number of carboxylic acids is 1. The number of likely N-dealkylation sites (N-methyl/N-ethyl adjacent to an activating group) is 2. The molecule has 0 saturated carbocycles. The van der Waals surface area contributed by atoms with Crippen LogP contribution in [0.4, 0.5) is 5.82 Å². The van der Waals surface area contributed by atoms with Crippen LogP contribution in [-0.2, 0) is 4.79 Å². The van der Waals surface area contributed by atoms with Crippen molar-refractivity contribution in [3.63, 3.8) is 0 Å². The van der Waals surface area contributed by atoms with Crippen molar-refractivity contribution in [2.24, 2.45) is 0 Å². The molecule has 0 atom stereocenters. The van der Waals surface area contributed by atoms with Gasteiger partial charge in [0.2, 0.25) is 5.91 Å². The van der Waals surface area contributed by atoms with Crippen LogP contribution in [0.1, 0.15) is 17.4 Å². The Hall–Kier alpha value is -2.09. The Morgan fingerprint density at radius 1 is 1.45 bits per heavy atom. The highest BCUT2D eigenvalue weighted by Gasteiger charge is 2.24. The predicted octanol–water partition coefficient (Wildman–Crippen LogP) is 1.01. The number of fused-ring (bicyclic) bond motifs is 1. The molecule has 0 aliphatic heterocycles. The van der Waals surface area contributed by atoms with Gasteiger partial charge in [0.15, 0.2) is 16.5 Å². The molecule has 1 N–H and O–H groups in total. The molecule has 0 saturated heterocycles. The van der Waals surface area contributed by atoms with Gasteiger partial charge in [0.25, 0.3) is 0 Å². The van der Waals surface area contributed by atoms with E-state index in [4.69, 9.17) is 0 Å². The normalized spacial score (nSPS) is 10.8. The second kappa shape index (κ2) is 5.49. The van der Waals surface area contributed by atoms with Crippen molar-refractivity contribution >= 4 is 34.0 Å². The molecule has 20 heavy (non-hydrogen) atoms. The lowest BCUT2D eigenvalue weighted by atomic mass is 10.3. The molecule has 1 amide bonds. The SMILES string of the molecule is CCN(CC(=O)N(C)C)c1nc2sccn2c1C(=O)O. The molecule has 0 aliphatic rings. The number of amides is 1. The average molecular weight is 296 g/mol. The van der Waals surface area contributed by atoms with Crippen LogP contribution >= 0.6 is 11.3 Å². The smallest absolute Gasteiger partial charge is 0.356 e. The number of rotatable bonds is 5. The fourth-order valence-electron chi connectivity index (χ4n) is 1.83. The molecule has 0 fully saturated rings. The third-order valence-electron chi connectivity index (χ3n) is 2.95. The Kier molecular flexibility index (Phi) is 3.93. The molecule has 8 heteroatoms. The molecular weight excluding hydrogens is 280 g/mol. The van der Waals surface area contributed by atoms with Gasteiger partial charge >= 0.3 is 5.97 Å². The molecule has 0 unspecified atom stereocenters. The number of hydrogen-bond acceptors (Lipinski definition) is 5. The highest BCUT2D eigenvalue weighted by molar-refractivity contribution is 7.15. The van der Waals surface area contributed by atoms with E-state index in [1.165, 1.54) is 20.6 Å². The van der Waals surface area contributed by atoms with Crippen LogP contribution < -0.4 is 4.90 Å². The summed E-state index contributed by atoms with van der Waals surface area (Å²) in [6, 6.07) is 0. The minimum atomic E-state index is -1.05. The maximum atomic E-state index is 11.8. The monoisotopic (exact) mass is 296 g/mol. The van der Waals surface area contributed by atoms with E-state index >= 15 is 0 Å². The first kappa shape index (κ1) is 14.3. The minimum absolute atomic E-state index is 0.0923. The summed E-state index contributed by atoms with van der Waals surface area (Å²) in [6.45, 7) is 2.47. The molecule has 2 rings (SSSR count). The Morgan fingerprint density at radius 3 is 2.70 bits per heavy atom. The maximum absolute atomic E-state index is 11.8. The largest absolute Gasteiger partial charge is 0.476 e. The average Bonchev–Trinajstić information content (AvgIpc) is 2.94. The number of aromatic nitrogens is 2. The summed E-state index contributed by atoms with van der Waals surface area (Å²) in [5, 5.41) is 11.2. The molecule has 0 bridgehead atoms. The van der Waals surface area contributed by atoms with E-state index in [9.17, 15) is 14.7 Å². The summed E-state index contributed by atoms with van der Waals surface area (Å²) in [6.07, 6.45) is 1.67. The van der Waals surface area contributed by atoms with Crippen molar-refractivity contribution in [2.75, 3.05) is 32.1 Å². The first-order valence-corrected chi connectivity index (χ1v) is 6.97. The van der Waals surface area contributed by atoms with Gasteiger partial charge in [0.1, 0.15) is 0 Å². The molecule has 0 aliphatic carbocycles. The van der Waals surface area contributed by atoms with Gasteiger partial charge in [0.05, 0.1) is 6.54 Å². The third-order valence-corrected chi connectivity index (χ3v) is 3.71. The van der Waals surface area contributed by atoms with Crippen LogP contribution in [-0.4, -0.2) is 58.5 Å². The third kappa shape index (κ3) is 2.46. The number of carbonyl (C=O) groups excluding carboxylic acids is 1. The molecular formula is C12H16N4O3S. The molecule has 7 nitrogen and oxygen atoms in total. The fraction of sp³-hybridized carbons (Fsp3) is 0.417. The first-order chi connectivity index (χ1) is 9.45. The van der Waals surface area contributed by atoms with E-state index in [1.807, 2.05) is 6.92 Å². The zero-order valence-corrected chi connectivity index (χ0v) is 12.3. The molecule has 0 aromatic carbocycles. The van der Waals surface area contributed by atoms with Crippen LogP contribution in [0, 0.1) is 0 Å². The maximum Gasteiger partial charge on any atom is 0.356 e. The second-order valence-corrected chi connectivity index (χ2v) is 5.32.